The van der Waals surface area contributed by atoms with Gasteiger partial charge in [-0.3, -0.25) is 0 Å². The van der Waals surface area contributed by atoms with Gasteiger partial charge in [-0.05, 0) is 164 Å². The maximum absolute atomic E-state index is 2.57. The van der Waals surface area contributed by atoms with E-state index in [2.05, 4.69) is 190 Å². The van der Waals surface area contributed by atoms with E-state index in [0.29, 0.717) is 0 Å². The van der Waals surface area contributed by atoms with Crippen molar-refractivity contribution in [2.45, 2.75) is 80.8 Å². The molecule has 0 heterocycles. The van der Waals surface area contributed by atoms with Crippen LogP contribution in [0.15, 0.2) is 109 Å². The second-order valence-electron chi connectivity index (χ2n) is 18.1. The molecule has 0 bridgehead atoms. The van der Waals surface area contributed by atoms with E-state index in [1.165, 1.54) is 110 Å². The van der Waals surface area contributed by atoms with Crippen molar-refractivity contribution in [3.05, 3.63) is 143 Å². The summed E-state index contributed by atoms with van der Waals surface area (Å²) >= 11 is 0. The highest BCUT2D eigenvalue weighted by Crippen LogP contribution is 2.50. The second-order valence-corrected chi connectivity index (χ2v) is 28.3. The van der Waals surface area contributed by atoms with Gasteiger partial charge in [-0.25, -0.2) is 0 Å². The first-order valence-corrected chi connectivity index (χ1v) is 26.7. The van der Waals surface area contributed by atoms with Crippen LogP contribution < -0.4 is 10.4 Å². The van der Waals surface area contributed by atoms with Crippen molar-refractivity contribution in [2.75, 3.05) is 0 Å². The fourth-order valence-corrected chi connectivity index (χ4v) is 11.7. The van der Waals surface area contributed by atoms with Crippen molar-refractivity contribution in [3.63, 3.8) is 0 Å². The Hall–Kier alpha value is -4.77. The zero-order chi connectivity index (χ0) is 38.4. The Morgan fingerprint density at radius 2 is 0.593 bits per heavy atom. The summed E-state index contributed by atoms with van der Waals surface area (Å²) in [7, 11) is -3.25. The van der Waals surface area contributed by atoms with Crippen molar-refractivity contribution in [1.29, 1.82) is 0 Å². The van der Waals surface area contributed by atoms with Gasteiger partial charge in [-0.2, -0.15) is 0 Å². The summed E-state index contributed by atoms with van der Waals surface area (Å²) in [5.41, 5.74) is 18.7. The second kappa shape index (κ2) is 12.9. The van der Waals surface area contributed by atoms with E-state index in [9.17, 15) is 0 Å². The summed E-state index contributed by atoms with van der Waals surface area (Å²) in [5, 5.41) is 11.2. The smallest absolute Gasteiger partial charge is 0.0656 e. The fourth-order valence-electron chi connectivity index (χ4n) is 9.22. The van der Waals surface area contributed by atoms with Crippen LogP contribution in [0.4, 0.5) is 0 Å². The lowest BCUT2D eigenvalue weighted by molar-refractivity contribution is 1.37. The molecule has 8 aromatic carbocycles. The Balaban J connectivity index is 1.63. The lowest BCUT2D eigenvalue weighted by atomic mass is 9.79. The van der Waals surface area contributed by atoms with Crippen LogP contribution in [-0.4, -0.2) is 16.1 Å². The molecule has 54 heavy (non-hydrogen) atoms. The molecule has 0 fully saturated rings. The van der Waals surface area contributed by atoms with Gasteiger partial charge in [-0.1, -0.05) is 147 Å². The number of hydrogen-bond donors (Lipinski definition) is 0. The van der Waals surface area contributed by atoms with Crippen molar-refractivity contribution >= 4 is 58.8 Å². The quantitative estimate of drug-likeness (QED) is 0.118. The average molecular weight is 735 g/mol. The van der Waals surface area contributed by atoms with Crippen LogP contribution >= 0.6 is 0 Å². The normalized spacial score (nSPS) is 12.4. The van der Waals surface area contributed by atoms with Crippen LogP contribution in [0.3, 0.4) is 0 Å². The number of benzene rings is 8. The topological polar surface area (TPSA) is 0 Å². The third-order valence-electron chi connectivity index (χ3n) is 12.1. The molecule has 0 aliphatic heterocycles. The highest BCUT2D eigenvalue weighted by Gasteiger charge is 2.27. The molecule has 8 aromatic rings. The predicted molar refractivity (Wildman–Crippen MR) is 246 cm³/mol. The van der Waals surface area contributed by atoms with E-state index in [1.54, 1.807) is 10.4 Å². The van der Waals surface area contributed by atoms with E-state index in [4.69, 9.17) is 0 Å². The van der Waals surface area contributed by atoms with Crippen LogP contribution in [0.5, 0.6) is 0 Å². The molecule has 0 nitrogen and oxygen atoms in total. The summed E-state index contributed by atoms with van der Waals surface area (Å²) in [5.74, 6) is 0. The molecule has 0 spiro atoms. The monoisotopic (exact) mass is 734 g/mol. The Bertz CT molecular complexity index is 2620. The molecule has 0 atom stereocenters. The first-order chi connectivity index (χ1) is 25.5. The third kappa shape index (κ3) is 5.86. The van der Waals surface area contributed by atoms with E-state index in [-0.39, 0.29) is 0 Å². The minimum atomic E-state index is -1.62. The Morgan fingerprint density at radius 3 is 0.889 bits per heavy atom. The van der Waals surface area contributed by atoms with Crippen LogP contribution in [0.2, 0.25) is 39.3 Å². The van der Waals surface area contributed by atoms with Gasteiger partial charge in [-0.15, -0.1) is 0 Å². The molecule has 270 valence electrons. The third-order valence-corrected chi connectivity index (χ3v) is 16.2. The molecular formula is C52H54Si2. The first-order valence-electron chi connectivity index (χ1n) is 19.7. The molecule has 8 rings (SSSR count). The summed E-state index contributed by atoms with van der Waals surface area (Å²) < 4.78 is 0. The lowest BCUT2D eigenvalue weighted by Crippen LogP contribution is -2.45. The molecule has 2 heteroatoms. The van der Waals surface area contributed by atoms with Crippen LogP contribution in [-0.2, 0) is 0 Å². The summed E-state index contributed by atoms with van der Waals surface area (Å²) in [6.45, 7) is 28.7. The molecule has 0 aromatic heterocycles. The molecule has 0 saturated heterocycles. The highest BCUT2D eigenvalue weighted by molar-refractivity contribution is 6.91. The largest absolute Gasteiger partial charge is 0.0776 e. The summed E-state index contributed by atoms with van der Waals surface area (Å²) in [6, 6.07) is 42.8. The fraction of sp³-hybridized carbons (Fsp3) is 0.231. The van der Waals surface area contributed by atoms with Gasteiger partial charge >= 0.3 is 0 Å². The lowest BCUT2D eigenvalue weighted by Gasteiger charge is -2.26. The van der Waals surface area contributed by atoms with Crippen molar-refractivity contribution in [2.24, 2.45) is 0 Å². The molecule has 0 aliphatic carbocycles. The molecule has 0 N–H and O–H groups in total. The Morgan fingerprint density at radius 1 is 0.315 bits per heavy atom. The standard InChI is InChI=1S/C52H54Si2/c1-31-16-13-17-32(2)48(31)45-29-44(37-26-38(53(7,8)9)28-39(27-37)54(10,11)12)40-22-23-42-46(49-33(3)18-14-19-34(49)4)30-47(50-35(5)20-15-21-36(50)6)43-25-24-41(45)51(40)52(42)43/h13-30H,1-12H3. The van der Waals surface area contributed by atoms with Gasteiger partial charge in [0.15, 0.2) is 0 Å². The van der Waals surface area contributed by atoms with Crippen LogP contribution in [0.1, 0.15) is 33.4 Å². The minimum Gasteiger partial charge on any atom is -0.0656 e. The molecule has 0 aliphatic rings. The van der Waals surface area contributed by atoms with Gasteiger partial charge in [0.05, 0.1) is 16.1 Å². The zero-order valence-corrected chi connectivity index (χ0v) is 36.4. The van der Waals surface area contributed by atoms with Gasteiger partial charge in [0.25, 0.3) is 0 Å². The number of rotatable bonds is 6. The highest BCUT2D eigenvalue weighted by atomic mass is 28.3. The van der Waals surface area contributed by atoms with Gasteiger partial charge in [0.2, 0.25) is 0 Å². The SMILES string of the molecule is Cc1cccc(C)c1-c1cc(-c2cc([Si](C)(C)C)cc([Si](C)(C)C)c2)c2ccc3c(-c4c(C)cccc4C)cc(-c4c(C)cccc4C)c4ccc1c2c34. The maximum atomic E-state index is 2.57. The molecule has 0 saturated carbocycles. The van der Waals surface area contributed by atoms with Crippen LogP contribution in [0.25, 0.3) is 76.8 Å². The molecule has 0 radical (unpaired) electrons. The van der Waals surface area contributed by atoms with Crippen molar-refractivity contribution in [1.82, 2.24) is 0 Å². The Labute approximate surface area is 325 Å². The van der Waals surface area contributed by atoms with Gasteiger partial charge < -0.3 is 0 Å². The molecule has 0 amide bonds. The Kier molecular flexibility index (Phi) is 8.67. The maximum Gasteiger partial charge on any atom is 0.0776 e. The van der Waals surface area contributed by atoms with Gasteiger partial charge in [0, 0.05) is 0 Å². The molecule has 0 unspecified atom stereocenters. The minimum absolute atomic E-state index is 1.32. The van der Waals surface area contributed by atoms with E-state index in [1.807, 2.05) is 0 Å². The van der Waals surface area contributed by atoms with Crippen LogP contribution in [0, 0.1) is 41.5 Å². The van der Waals surface area contributed by atoms with Crippen molar-refractivity contribution in [3.8, 4) is 44.5 Å². The zero-order valence-electron chi connectivity index (χ0n) is 34.4. The van der Waals surface area contributed by atoms with E-state index >= 15 is 0 Å². The number of hydrogen-bond acceptors (Lipinski definition) is 0. The van der Waals surface area contributed by atoms with Crippen molar-refractivity contribution < 1.29 is 0 Å². The average Bonchev–Trinajstić information content (AvgIpc) is 3.10. The molecular weight excluding hydrogens is 681 g/mol. The summed E-state index contributed by atoms with van der Waals surface area (Å²) in [6.07, 6.45) is 0. The summed E-state index contributed by atoms with van der Waals surface area (Å²) in [4.78, 5) is 0. The van der Waals surface area contributed by atoms with E-state index in [0.717, 1.165) is 0 Å². The number of aryl methyl sites for hydroxylation is 6. The van der Waals surface area contributed by atoms with Gasteiger partial charge in [0.1, 0.15) is 0 Å². The van der Waals surface area contributed by atoms with E-state index < -0.39 is 16.1 Å². The predicted octanol–water partition coefficient (Wildman–Crippen LogP) is 14.2. The first kappa shape index (κ1) is 36.2.